The van der Waals surface area contributed by atoms with Crippen LogP contribution in [0.5, 0.6) is 0 Å². The molecule has 2 nitrogen and oxygen atoms in total. The van der Waals surface area contributed by atoms with Gasteiger partial charge in [-0.2, -0.15) is 0 Å². The van der Waals surface area contributed by atoms with Gasteiger partial charge in [-0.3, -0.25) is 0 Å². The normalized spacial score (nSPS) is 12.0. The van der Waals surface area contributed by atoms with Gasteiger partial charge in [-0.15, -0.1) is 0 Å². The third-order valence-corrected chi connectivity index (χ3v) is 4.92. The fourth-order valence-electron chi connectivity index (χ4n) is 1.10. The standard InChI is InChI=1S/C9H10Br2O2S/c1-7-4-2-3-5-8(7)6-9(10,11)14(12)13/h2-5,14H,6H2,1H3. The molecule has 0 bridgehead atoms. The van der Waals surface area contributed by atoms with Crippen LogP contribution in [0.1, 0.15) is 11.1 Å². The maximum absolute atomic E-state index is 10.9. The Hall–Kier alpha value is 0.130. The molecule has 0 aliphatic rings. The lowest BCUT2D eigenvalue weighted by Crippen LogP contribution is -2.17. The van der Waals surface area contributed by atoms with Crippen LogP contribution in [0.15, 0.2) is 24.3 Å². The van der Waals surface area contributed by atoms with Crippen LogP contribution in [-0.4, -0.2) is 11.0 Å². The van der Waals surface area contributed by atoms with Crippen molar-refractivity contribution in [2.75, 3.05) is 0 Å². The van der Waals surface area contributed by atoms with Gasteiger partial charge >= 0.3 is 0 Å². The molecule has 0 unspecified atom stereocenters. The largest absolute Gasteiger partial charge is 0.230 e. The number of aryl methyl sites for hydroxylation is 1. The molecule has 0 atom stereocenters. The van der Waals surface area contributed by atoms with E-state index in [2.05, 4.69) is 31.9 Å². The Morgan fingerprint density at radius 3 is 2.36 bits per heavy atom. The molecule has 0 aromatic heterocycles. The van der Waals surface area contributed by atoms with Crippen molar-refractivity contribution >= 4 is 42.6 Å². The number of benzene rings is 1. The molecule has 0 fully saturated rings. The summed E-state index contributed by atoms with van der Waals surface area (Å²) in [6, 6.07) is 7.71. The minimum atomic E-state index is -2.55. The second kappa shape index (κ2) is 4.77. The van der Waals surface area contributed by atoms with E-state index in [9.17, 15) is 8.42 Å². The predicted octanol–water partition coefficient (Wildman–Crippen LogP) is 2.59. The van der Waals surface area contributed by atoms with Crippen molar-refractivity contribution in [2.24, 2.45) is 0 Å². The van der Waals surface area contributed by atoms with Gasteiger partial charge in [0.05, 0.1) is 0 Å². The summed E-state index contributed by atoms with van der Waals surface area (Å²) >= 11 is 6.28. The van der Waals surface area contributed by atoms with Crippen LogP contribution in [0, 0.1) is 6.92 Å². The van der Waals surface area contributed by atoms with E-state index in [1.807, 2.05) is 31.2 Å². The van der Waals surface area contributed by atoms with E-state index < -0.39 is 13.3 Å². The van der Waals surface area contributed by atoms with E-state index in [-0.39, 0.29) is 0 Å². The molecule has 0 saturated heterocycles. The van der Waals surface area contributed by atoms with Gasteiger partial charge in [-0.1, -0.05) is 56.1 Å². The van der Waals surface area contributed by atoms with Crippen molar-refractivity contribution in [3.05, 3.63) is 35.4 Å². The summed E-state index contributed by atoms with van der Waals surface area (Å²) in [6.07, 6.45) is 0.415. The van der Waals surface area contributed by atoms with Crippen molar-refractivity contribution in [3.8, 4) is 0 Å². The molecule has 0 saturated carbocycles. The van der Waals surface area contributed by atoms with Crippen LogP contribution >= 0.6 is 31.9 Å². The highest BCUT2D eigenvalue weighted by Crippen LogP contribution is 2.32. The van der Waals surface area contributed by atoms with Crippen LogP contribution in [0.2, 0.25) is 0 Å². The topological polar surface area (TPSA) is 34.1 Å². The first-order chi connectivity index (χ1) is 6.43. The Labute approximate surface area is 102 Å². The zero-order valence-corrected chi connectivity index (χ0v) is 11.6. The molecule has 5 heteroatoms. The average Bonchev–Trinajstić information content (AvgIpc) is 2.08. The van der Waals surface area contributed by atoms with Gasteiger partial charge in [0, 0.05) is 6.42 Å². The van der Waals surface area contributed by atoms with Crippen LogP contribution in [0.3, 0.4) is 0 Å². The molecule has 0 radical (unpaired) electrons. The second-order valence-corrected chi connectivity index (χ2v) is 9.30. The average molecular weight is 342 g/mol. The lowest BCUT2D eigenvalue weighted by Gasteiger charge is -2.14. The second-order valence-electron chi connectivity index (χ2n) is 3.03. The van der Waals surface area contributed by atoms with Crippen molar-refractivity contribution < 1.29 is 8.42 Å². The van der Waals surface area contributed by atoms with Crippen molar-refractivity contribution in [1.82, 2.24) is 0 Å². The summed E-state index contributed by atoms with van der Waals surface area (Å²) in [6.45, 7) is 1.96. The smallest absolute Gasteiger partial charge is 0.182 e. The molecule has 0 aliphatic carbocycles. The lowest BCUT2D eigenvalue weighted by atomic mass is 10.1. The molecule has 1 rings (SSSR count). The first-order valence-electron chi connectivity index (χ1n) is 4.00. The van der Waals surface area contributed by atoms with Gasteiger partial charge < -0.3 is 0 Å². The highest BCUT2D eigenvalue weighted by molar-refractivity contribution is 9.27. The van der Waals surface area contributed by atoms with Crippen LogP contribution in [-0.2, 0) is 17.1 Å². The summed E-state index contributed by atoms with van der Waals surface area (Å²) < 4.78 is 20.7. The lowest BCUT2D eigenvalue weighted by molar-refractivity contribution is 0.609. The van der Waals surface area contributed by atoms with Gasteiger partial charge in [0.15, 0.2) is 13.3 Å². The third kappa shape index (κ3) is 3.07. The molecule has 14 heavy (non-hydrogen) atoms. The maximum atomic E-state index is 10.9. The van der Waals surface area contributed by atoms with Crippen LogP contribution < -0.4 is 0 Å². The Morgan fingerprint density at radius 2 is 1.86 bits per heavy atom. The fraction of sp³-hybridized carbons (Fsp3) is 0.333. The monoisotopic (exact) mass is 340 g/mol. The molecular weight excluding hydrogens is 332 g/mol. The molecule has 78 valence electrons. The van der Waals surface area contributed by atoms with Crippen LogP contribution in [0.4, 0.5) is 0 Å². The van der Waals surface area contributed by atoms with E-state index in [1.54, 1.807) is 0 Å². The number of hydrogen-bond donors (Lipinski definition) is 1. The number of thiol groups is 1. The molecule has 0 aliphatic heterocycles. The molecule has 1 aromatic carbocycles. The molecular formula is C9H10Br2O2S. The zero-order chi connectivity index (χ0) is 10.8. The molecule has 0 N–H and O–H groups in total. The number of rotatable bonds is 3. The van der Waals surface area contributed by atoms with Gasteiger partial charge in [0.25, 0.3) is 0 Å². The van der Waals surface area contributed by atoms with Gasteiger partial charge in [0.1, 0.15) is 0 Å². The first-order valence-corrected chi connectivity index (χ1v) is 6.76. The quantitative estimate of drug-likeness (QED) is 0.677. The number of hydrogen-bond acceptors (Lipinski definition) is 2. The summed E-state index contributed by atoms with van der Waals surface area (Å²) in [7, 11) is -2.55. The maximum Gasteiger partial charge on any atom is 0.182 e. The highest BCUT2D eigenvalue weighted by atomic mass is 79.9. The van der Waals surface area contributed by atoms with E-state index in [1.165, 1.54) is 0 Å². The van der Waals surface area contributed by atoms with E-state index in [0.717, 1.165) is 11.1 Å². The molecule has 1 aromatic rings. The molecule has 0 spiro atoms. The third-order valence-electron chi connectivity index (χ3n) is 1.93. The highest BCUT2D eigenvalue weighted by Gasteiger charge is 2.27. The minimum absolute atomic E-state index is 0.415. The SMILES string of the molecule is Cc1ccccc1CC(Br)(Br)[SH](=O)=O. The summed E-state index contributed by atoms with van der Waals surface area (Å²) in [4.78, 5) is 0. The van der Waals surface area contributed by atoms with Crippen LogP contribution in [0.25, 0.3) is 0 Å². The zero-order valence-electron chi connectivity index (χ0n) is 7.54. The van der Waals surface area contributed by atoms with Gasteiger partial charge in [-0.05, 0) is 18.1 Å². The Kier molecular flexibility index (Phi) is 4.15. The van der Waals surface area contributed by atoms with E-state index in [4.69, 9.17) is 0 Å². The van der Waals surface area contributed by atoms with Gasteiger partial charge in [-0.25, -0.2) is 8.42 Å². The van der Waals surface area contributed by atoms with E-state index in [0.29, 0.717) is 6.42 Å². The molecule has 0 heterocycles. The number of alkyl halides is 2. The Bertz CT molecular complexity index is 392. The minimum Gasteiger partial charge on any atom is -0.230 e. The number of halogens is 2. The predicted molar refractivity (Wildman–Crippen MR) is 65.8 cm³/mol. The van der Waals surface area contributed by atoms with Gasteiger partial charge in [0.2, 0.25) is 0 Å². The van der Waals surface area contributed by atoms with Crippen molar-refractivity contribution in [2.45, 2.75) is 15.9 Å². The summed E-state index contributed by atoms with van der Waals surface area (Å²) in [5, 5.41) is 0. The van der Waals surface area contributed by atoms with Crippen molar-refractivity contribution in [3.63, 3.8) is 0 Å². The first kappa shape index (κ1) is 12.2. The molecule has 0 amide bonds. The van der Waals surface area contributed by atoms with Crippen molar-refractivity contribution in [1.29, 1.82) is 0 Å². The fourth-order valence-corrected chi connectivity index (χ4v) is 2.01. The van der Waals surface area contributed by atoms with E-state index >= 15 is 0 Å². The summed E-state index contributed by atoms with van der Waals surface area (Å²) in [5.41, 5.74) is 2.10. The Balaban J connectivity index is 2.95. The summed E-state index contributed by atoms with van der Waals surface area (Å²) in [5.74, 6) is 0. The Morgan fingerprint density at radius 1 is 1.29 bits per heavy atom.